The zero-order chi connectivity index (χ0) is 31.2. The summed E-state index contributed by atoms with van der Waals surface area (Å²) in [7, 11) is -4.22. The summed E-state index contributed by atoms with van der Waals surface area (Å²) in [5, 5.41) is 2.62. The number of benzene rings is 1. The summed E-state index contributed by atoms with van der Waals surface area (Å²) in [5.41, 5.74) is 0.440. The van der Waals surface area contributed by atoms with Crippen molar-refractivity contribution in [3.05, 3.63) is 35.3 Å². The van der Waals surface area contributed by atoms with E-state index in [4.69, 9.17) is 4.74 Å². The molecule has 2 atom stereocenters. The lowest BCUT2D eigenvalue weighted by molar-refractivity contribution is -0.139. The van der Waals surface area contributed by atoms with Gasteiger partial charge in [-0.05, 0) is 50.2 Å². The normalized spacial score (nSPS) is 22.9. The molecule has 43 heavy (non-hydrogen) atoms. The molecule has 15 heteroatoms. The summed E-state index contributed by atoms with van der Waals surface area (Å²) in [6.07, 6.45) is 1.14. The van der Waals surface area contributed by atoms with Crippen LogP contribution in [0.3, 0.4) is 0 Å². The fourth-order valence-electron chi connectivity index (χ4n) is 5.73. The van der Waals surface area contributed by atoms with Crippen LogP contribution in [0, 0.1) is 24.1 Å². The average molecular weight is 625 g/mol. The second kappa shape index (κ2) is 11.5. The number of aryl methyl sites for hydroxylation is 1. The Bertz CT molecular complexity index is 1530. The van der Waals surface area contributed by atoms with Gasteiger partial charge in [-0.15, -0.1) is 0 Å². The fourth-order valence-corrected chi connectivity index (χ4v) is 6.67. The zero-order valence-corrected chi connectivity index (χ0v) is 25.1. The average Bonchev–Trinajstić information content (AvgIpc) is 3.57. The minimum absolute atomic E-state index is 0.00725. The van der Waals surface area contributed by atoms with E-state index >= 15 is 4.39 Å². The van der Waals surface area contributed by atoms with Crippen molar-refractivity contribution >= 4 is 45.0 Å². The number of piperidine rings is 2. The Labute approximate surface area is 248 Å². The molecule has 0 unspecified atom stereocenters. The summed E-state index contributed by atoms with van der Waals surface area (Å²) in [6.45, 7) is 6.59. The molecule has 2 aromatic rings. The number of carbonyl (C=O) groups excluding carboxylic acids is 2. The van der Waals surface area contributed by atoms with Crippen LogP contribution in [-0.2, 0) is 19.6 Å². The van der Waals surface area contributed by atoms with Crippen LogP contribution in [0.1, 0.15) is 55.6 Å². The first-order valence-corrected chi connectivity index (χ1v) is 15.9. The number of sulfonamides is 1. The van der Waals surface area contributed by atoms with E-state index in [0.717, 1.165) is 18.9 Å². The Morgan fingerprint density at radius 3 is 2.47 bits per heavy atom. The maximum Gasteiger partial charge on any atom is 0.323 e. The van der Waals surface area contributed by atoms with Gasteiger partial charge in [0.1, 0.15) is 11.6 Å². The lowest BCUT2D eigenvalue weighted by Gasteiger charge is -2.33. The molecule has 1 aromatic heterocycles. The van der Waals surface area contributed by atoms with Gasteiger partial charge in [0, 0.05) is 50.8 Å². The topological polar surface area (TPSA) is 134 Å². The Kier molecular flexibility index (Phi) is 8.22. The molecule has 0 radical (unpaired) electrons. The number of esters is 1. The lowest BCUT2D eigenvalue weighted by atomic mass is 9.96. The van der Waals surface area contributed by atoms with Crippen molar-refractivity contribution in [3.63, 3.8) is 0 Å². The molecule has 1 saturated carbocycles. The number of nitrogens with one attached hydrogen (secondary N) is 2. The molecule has 3 aliphatic rings. The van der Waals surface area contributed by atoms with Crippen LogP contribution in [-0.4, -0.2) is 74.7 Å². The van der Waals surface area contributed by atoms with Crippen molar-refractivity contribution in [2.75, 3.05) is 58.4 Å². The fraction of sp³-hybridized carbons (Fsp3) is 0.571. The number of carbonyl (C=O) groups is 2. The number of hydrogen-bond acceptors (Lipinski definition) is 9. The van der Waals surface area contributed by atoms with Crippen LogP contribution in [0.4, 0.5) is 36.3 Å². The summed E-state index contributed by atoms with van der Waals surface area (Å²) in [4.78, 5) is 37.5. The number of alkyl halides is 2. The van der Waals surface area contributed by atoms with E-state index in [-0.39, 0.29) is 66.7 Å². The highest BCUT2D eigenvalue weighted by atomic mass is 32.2. The van der Waals surface area contributed by atoms with Crippen LogP contribution in [0.25, 0.3) is 0 Å². The number of hydrogen-bond donors (Lipinski definition) is 2. The van der Waals surface area contributed by atoms with Gasteiger partial charge in [0.2, 0.25) is 16.0 Å². The van der Waals surface area contributed by atoms with Gasteiger partial charge < -0.3 is 19.9 Å². The molecule has 5 rings (SSSR count). The first-order valence-electron chi connectivity index (χ1n) is 14.2. The van der Waals surface area contributed by atoms with E-state index in [9.17, 15) is 26.8 Å². The van der Waals surface area contributed by atoms with Crippen LogP contribution in [0.5, 0.6) is 0 Å². The molecular formula is C28H35F3N6O5S. The van der Waals surface area contributed by atoms with Gasteiger partial charge in [-0.2, -0.15) is 4.98 Å². The summed E-state index contributed by atoms with van der Waals surface area (Å²) in [6, 6.07) is 3.76. The number of aromatic nitrogens is 2. The van der Waals surface area contributed by atoms with Crippen molar-refractivity contribution in [1.82, 2.24) is 9.97 Å². The molecular weight excluding hydrogens is 589 g/mol. The smallest absolute Gasteiger partial charge is 0.323 e. The van der Waals surface area contributed by atoms with Gasteiger partial charge in [-0.1, -0.05) is 6.92 Å². The van der Waals surface area contributed by atoms with E-state index in [1.54, 1.807) is 18.7 Å². The number of anilines is 4. The third-order valence-electron chi connectivity index (χ3n) is 8.32. The van der Waals surface area contributed by atoms with Gasteiger partial charge in [0.15, 0.2) is 5.75 Å². The monoisotopic (exact) mass is 624 g/mol. The first kappa shape index (κ1) is 30.8. The second-order valence-corrected chi connectivity index (χ2v) is 13.5. The molecule has 11 nitrogen and oxygen atoms in total. The van der Waals surface area contributed by atoms with Gasteiger partial charge >= 0.3 is 5.97 Å². The number of amides is 1. The summed E-state index contributed by atoms with van der Waals surface area (Å²) < 4.78 is 75.2. The van der Waals surface area contributed by atoms with E-state index in [0.29, 0.717) is 24.7 Å². The number of nitrogens with zero attached hydrogens (tertiary/aromatic N) is 4. The van der Waals surface area contributed by atoms with Crippen LogP contribution >= 0.6 is 0 Å². The molecule has 234 valence electrons. The maximum absolute atomic E-state index is 15.8. The minimum atomic E-state index is -4.22. The molecule has 2 N–H and O–H groups in total. The Morgan fingerprint density at radius 1 is 1.09 bits per heavy atom. The molecule has 1 aliphatic carbocycles. The third kappa shape index (κ3) is 7.13. The number of fused-ring (bicyclic) bond motifs is 1. The Hall–Kier alpha value is -3.62. The highest BCUT2D eigenvalue weighted by molar-refractivity contribution is 7.93. The molecule has 1 amide bonds. The first-order chi connectivity index (χ1) is 20.2. The van der Waals surface area contributed by atoms with Crippen LogP contribution < -0.4 is 19.8 Å². The number of rotatable bonds is 9. The highest BCUT2D eigenvalue weighted by Crippen LogP contribution is 2.58. The Morgan fingerprint density at radius 2 is 1.79 bits per heavy atom. The van der Waals surface area contributed by atoms with Crippen molar-refractivity contribution < 1.29 is 35.9 Å². The van der Waals surface area contributed by atoms with Crippen molar-refractivity contribution in [1.29, 1.82) is 0 Å². The molecule has 2 saturated heterocycles. The largest absolute Gasteiger partial charge is 0.465 e. The van der Waals surface area contributed by atoms with Gasteiger partial charge in [0.25, 0.3) is 11.8 Å². The molecule has 0 bridgehead atoms. The van der Waals surface area contributed by atoms with Crippen LogP contribution in [0.15, 0.2) is 18.2 Å². The Balaban J connectivity index is 1.43. The van der Waals surface area contributed by atoms with Crippen LogP contribution in [0.2, 0.25) is 0 Å². The number of halogens is 3. The van der Waals surface area contributed by atoms with Crippen molar-refractivity contribution in [2.24, 2.45) is 11.3 Å². The summed E-state index contributed by atoms with van der Waals surface area (Å²) in [5.74, 6) is -5.83. The van der Waals surface area contributed by atoms with E-state index in [2.05, 4.69) is 26.9 Å². The SMILES string of the molecule is CCOC(=O)CS(=O)(=O)Nc1cc(F)c(C(=O)Nc2cc(C)nc(N3CCC(F)(F)CC3)n2)c(N2CC[C@@]3(C)C[C@H]3C2)c1. The van der Waals surface area contributed by atoms with E-state index in [1.165, 1.54) is 12.1 Å². The predicted octanol–water partition coefficient (Wildman–Crippen LogP) is 3.95. The highest BCUT2D eigenvalue weighted by Gasteiger charge is 2.53. The standard InChI is InChI=1S/C28H35F3N6O5S/c1-4-42-23(38)16-43(40,41)35-19-12-20(29)24(21(13-19)37-8-5-27(3)14-18(27)15-37)25(39)33-22-11-17(2)32-26(34-22)36-9-6-28(30,31)7-10-36/h11-13,18,35H,4-10,14-16H2,1-3H3,(H,32,33,34,39)/t18-,27-/m0/s1. The predicted molar refractivity (Wildman–Crippen MR) is 155 cm³/mol. The lowest BCUT2D eigenvalue weighted by Crippen LogP contribution is -2.40. The van der Waals surface area contributed by atoms with Gasteiger partial charge in [-0.25, -0.2) is 26.6 Å². The molecule has 0 spiro atoms. The molecule has 1 aromatic carbocycles. The minimum Gasteiger partial charge on any atom is -0.465 e. The van der Waals surface area contributed by atoms with Crippen molar-refractivity contribution in [2.45, 2.75) is 52.4 Å². The van der Waals surface area contributed by atoms with Crippen molar-refractivity contribution in [3.8, 4) is 0 Å². The second-order valence-electron chi connectivity index (χ2n) is 11.8. The maximum atomic E-state index is 15.8. The van der Waals surface area contributed by atoms with Gasteiger partial charge in [-0.3, -0.25) is 14.3 Å². The molecule has 2 aliphatic heterocycles. The quantitative estimate of drug-likeness (QED) is 0.398. The third-order valence-corrected chi connectivity index (χ3v) is 9.48. The molecule has 3 fully saturated rings. The van der Waals surface area contributed by atoms with E-state index < -0.39 is 39.4 Å². The molecule has 3 heterocycles. The number of ether oxygens (including phenoxy) is 1. The summed E-state index contributed by atoms with van der Waals surface area (Å²) >= 11 is 0. The van der Waals surface area contributed by atoms with E-state index in [1.807, 2.05) is 4.90 Å². The zero-order valence-electron chi connectivity index (χ0n) is 24.3. The van der Waals surface area contributed by atoms with Gasteiger partial charge in [0.05, 0.1) is 23.5 Å².